The third kappa shape index (κ3) is 2.99. The molecule has 3 rings (SSSR count). The maximum absolute atomic E-state index is 13.6. The molecule has 0 saturated heterocycles. The Bertz CT molecular complexity index is 825. The van der Waals surface area contributed by atoms with Gasteiger partial charge in [0.25, 0.3) is 5.91 Å². The second-order valence-corrected chi connectivity index (χ2v) is 7.21. The number of benzene rings is 1. The van der Waals surface area contributed by atoms with Crippen molar-refractivity contribution in [3.63, 3.8) is 0 Å². The zero-order chi connectivity index (χ0) is 15.9. The summed E-state index contributed by atoms with van der Waals surface area (Å²) >= 11 is 10.2. The van der Waals surface area contributed by atoms with Gasteiger partial charge in [-0.1, -0.05) is 22.9 Å². The van der Waals surface area contributed by atoms with Gasteiger partial charge in [0.2, 0.25) is 0 Å². The molecule has 0 aliphatic carbocycles. The third-order valence-electron chi connectivity index (χ3n) is 2.89. The van der Waals surface area contributed by atoms with E-state index in [2.05, 4.69) is 26.2 Å². The van der Waals surface area contributed by atoms with E-state index < -0.39 is 17.5 Å². The van der Waals surface area contributed by atoms with Crippen LogP contribution in [0.2, 0.25) is 5.02 Å². The predicted octanol–water partition coefficient (Wildman–Crippen LogP) is 4.02. The summed E-state index contributed by atoms with van der Waals surface area (Å²) in [6, 6.07) is 1.99. The van der Waals surface area contributed by atoms with E-state index in [0.29, 0.717) is 4.96 Å². The number of fused-ring (bicyclic) bond motifs is 1. The Morgan fingerprint density at radius 3 is 2.68 bits per heavy atom. The smallest absolute Gasteiger partial charge is 0.271 e. The van der Waals surface area contributed by atoms with Crippen LogP contribution < -0.4 is 5.32 Å². The number of halogens is 4. The van der Waals surface area contributed by atoms with Crippen molar-refractivity contribution in [1.82, 2.24) is 14.7 Å². The lowest BCUT2D eigenvalue weighted by Gasteiger charge is -2.06. The van der Waals surface area contributed by atoms with Crippen molar-refractivity contribution < 1.29 is 13.6 Å². The number of rotatable bonds is 3. The van der Waals surface area contributed by atoms with Crippen LogP contribution in [-0.2, 0) is 6.54 Å². The minimum Gasteiger partial charge on any atom is -0.346 e. The van der Waals surface area contributed by atoms with E-state index in [1.165, 1.54) is 11.3 Å². The average Bonchev–Trinajstić information content (AvgIpc) is 2.94. The molecule has 3 aromatic rings. The lowest BCUT2D eigenvalue weighted by molar-refractivity contribution is 0.0946. The molecule has 1 aromatic carbocycles. The van der Waals surface area contributed by atoms with E-state index >= 15 is 0 Å². The Labute approximate surface area is 140 Å². The summed E-state index contributed by atoms with van der Waals surface area (Å²) < 4.78 is 29.8. The van der Waals surface area contributed by atoms with Crippen molar-refractivity contribution >= 4 is 49.7 Å². The SMILES string of the molecule is O=C(NCc1c(F)cc(Cl)cc1F)c1cn2cc(Br)sc2n1. The summed E-state index contributed by atoms with van der Waals surface area (Å²) in [6.45, 7) is -0.289. The molecule has 22 heavy (non-hydrogen) atoms. The summed E-state index contributed by atoms with van der Waals surface area (Å²) in [5.41, 5.74) is -0.0740. The molecular formula is C13H7BrClF2N3OS. The molecule has 9 heteroatoms. The molecule has 1 amide bonds. The highest BCUT2D eigenvalue weighted by molar-refractivity contribution is 9.11. The van der Waals surface area contributed by atoms with Crippen LogP contribution in [0.1, 0.15) is 16.1 Å². The second-order valence-electron chi connectivity index (χ2n) is 4.38. The van der Waals surface area contributed by atoms with Crippen LogP contribution in [0.3, 0.4) is 0 Å². The van der Waals surface area contributed by atoms with Crippen LogP contribution in [0.5, 0.6) is 0 Å². The highest BCUT2D eigenvalue weighted by Gasteiger charge is 2.15. The minimum atomic E-state index is -0.806. The van der Waals surface area contributed by atoms with Gasteiger partial charge in [-0.2, -0.15) is 0 Å². The normalized spacial score (nSPS) is 11.1. The molecule has 0 aliphatic heterocycles. The summed E-state index contributed by atoms with van der Waals surface area (Å²) in [5, 5.41) is 2.40. The van der Waals surface area contributed by atoms with Crippen molar-refractivity contribution in [1.29, 1.82) is 0 Å². The molecule has 0 radical (unpaired) electrons. The Kier molecular flexibility index (Phi) is 4.16. The zero-order valence-electron chi connectivity index (χ0n) is 10.7. The highest BCUT2D eigenvalue weighted by atomic mass is 79.9. The van der Waals surface area contributed by atoms with Crippen LogP contribution in [0.15, 0.2) is 28.3 Å². The number of nitrogens with zero attached hydrogens (tertiary/aromatic N) is 2. The second kappa shape index (κ2) is 5.94. The van der Waals surface area contributed by atoms with E-state index in [4.69, 9.17) is 11.6 Å². The molecular weight excluding hydrogens is 400 g/mol. The number of carbonyl (C=O) groups is 1. The van der Waals surface area contributed by atoms with E-state index in [9.17, 15) is 13.6 Å². The van der Waals surface area contributed by atoms with E-state index in [-0.39, 0.29) is 22.8 Å². The standard InChI is InChI=1S/C13H7BrClF2N3OS/c14-11-5-20-4-10(19-13(20)22-11)12(21)18-3-7-8(16)1-6(15)2-9(7)17/h1-2,4-5H,3H2,(H,18,21). The zero-order valence-corrected chi connectivity index (χ0v) is 13.9. The molecule has 0 atom stereocenters. The molecule has 1 N–H and O–H groups in total. The number of amides is 1. The maximum Gasteiger partial charge on any atom is 0.271 e. The van der Waals surface area contributed by atoms with Crippen molar-refractivity contribution in [3.8, 4) is 0 Å². The van der Waals surface area contributed by atoms with Gasteiger partial charge in [0, 0.05) is 29.5 Å². The first-order valence-corrected chi connectivity index (χ1v) is 7.98. The van der Waals surface area contributed by atoms with Gasteiger partial charge < -0.3 is 5.32 Å². The van der Waals surface area contributed by atoms with Crippen molar-refractivity contribution in [2.24, 2.45) is 0 Å². The molecule has 0 spiro atoms. The fourth-order valence-electron chi connectivity index (χ4n) is 1.88. The largest absolute Gasteiger partial charge is 0.346 e. The monoisotopic (exact) mass is 405 g/mol. The van der Waals surface area contributed by atoms with Gasteiger partial charge in [0.15, 0.2) is 4.96 Å². The van der Waals surface area contributed by atoms with Crippen molar-refractivity contribution in [3.05, 3.63) is 56.2 Å². The maximum atomic E-state index is 13.6. The summed E-state index contributed by atoms with van der Waals surface area (Å²) in [4.78, 5) is 16.8. The lowest BCUT2D eigenvalue weighted by atomic mass is 10.2. The Balaban J connectivity index is 1.76. The number of carbonyl (C=O) groups excluding carboxylic acids is 1. The summed E-state index contributed by atoms with van der Waals surface area (Å²) in [6.07, 6.45) is 3.31. The number of hydrogen-bond acceptors (Lipinski definition) is 3. The predicted molar refractivity (Wildman–Crippen MR) is 83.3 cm³/mol. The number of hydrogen-bond donors (Lipinski definition) is 1. The van der Waals surface area contributed by atoms with Gasteiger partial charge in [-0.05, 0) is 28.1 Å². The summed E-state index contributed by atoms with van der Waals surface area (Å²) in [5.74, 6) is -2.12. The molecule has 0 aliphatic rings. The van der Waals surface area contributed by atoms with E-state index in [1.807, 2.05) is 0 Å². The summed E-state index contributed by atoms with van der Waals surface area (Å²) in [7, 11) is 0. The lowest BCUT2D eigenvalue weighted by Crippen LogP contribution is -2.24. The minimum absolute atomic E-state index is 0.0370. The molecule has 2 aromatic heterocycles. The van der Waals surface area contributed by atoms with Crippen LogP contribution in [0.25, 0.3) is 4.96 Å². The van der Waals surface area contributed by atoms with Gasteiger partial charge in [-0.3, -0.25) is 9.20 Å². The molecule has 0 bridgehead atoms. The van der Waals surface area contributed by atoms with Crippen LogP contribution in [0.4, 0.5) is 8.78 Å². The number of aromatic nitrogens is 2. The fraction of sp³-hybridized carbons (Fsp3) is 0.0769. The Hall–Kier alpha value is -1.51. The van der Waals surface area contributed by atoms with Gasteiger partial charge in [0.1, 0.15) is 17.3 Å². The van der Waals surface area contributed by atoms with E-state index in [0.717, 1.165) is 15.9 Å². The number of imidazole rings is 1. The first kappa shape index (κ1) is 15.4. The first-order chi connectivity index (χ1) is 10.4. The van der Waals surface area contributed by atoms with Crippen LogP contribution in [-0.4, -0.2) is 15.3 Å². The molecule has 2 heterocycles. The Morgan fingerprint density at radius 2 is 2.05 bits per heavy atom. The molecule has 0 fully saturated rings. The number of thiazole rings is 1. The van der Waals surface area contributed by atoms with E-state index in [1.54, 1.807) is 16.8 Å². The first-order valence-electron chi connectivity index (χ1n) is 5.99. The third-order valence-corrected chi connectivity index (χ3v) is 4.59. The molecule has 114 valence electrons. The molecule has 0 unspecified atom stereocenters. The van der Waals surface area contributed by atoms with Gasteiger partial charge in [0.05, 0.1) is 3.79 Å². The van der Waals surface area contributed by atoms with Gasteiger partial charge in [-0.25, -0.2) is 13.8 Å². The average molecular weight is 407 g/mol. The molecule has 4 nitrogen and oxygen atoms in total. The van der Waals surface area contributed by atoms with Crippen LogP contribution >= 0.6 is 38.9 Å². The van der Waals surface area contributed by atoms with Gasteiger partial charge in [-0.15, -0.1) is 0 Å². The van der Waals surface area contributed by atoms with Crippen molar-refractivity contribution in [2.45, 2.75) is 6.54 Å². The highest BCUT2D eigenvalue weighted by Crippen LogP contribution is 2.23. The van der Waals surface area contributed by atoms with Crippen molar-refractivity contribution in [2.75, 3.05) is 0 Å². The quantitative estimate of drug-likeness (QED) is 0.714. The number of nitrogens with one attached hydrogen (secondary N) is 1. The topological polar surface area (TPSA) is 46.4 Å². The van der Waals surface area contributed by atoms with Gasteiger partial charge >= 0.3 is 0 Å². The molecule has 0 saturated carbocycles. The Morgan fingerprint density at radius 1 is 1.36 bits per heavy atom. The van der Waals surface area contributed by atoms with Crippen LogP contribution in [0, 0.1) is 11.6 Å². The fourth-order valence-corrected chi connectivity index (χ4v) is 3.42.